The summed E-state index contributed by atoms with van der Waals surface area (Å²) in [5, 5.41) is 0. The molecule has 0 amide bonds. The molecule has 0 radical (unpaired) electrons. The van der Waals surface area contributed by atoms with Crippen molar-refractivity contribution in [2.24, 2.45) is 0 Å². The first-order chi connectivity index (χ1) is 10.7. The number of hydrogen-bond acceptors (Lipinski definition) is 1. The molecule has 0 aliphatic rings. The lowest BCUT2D eigenvalue weighted by molar-refractivity contribution is 1.22. The minimum Gasteiger partial charge on any atom is -0.256 e. The molecule has 1 nitrogen and oxygen atoms in total. The molecule has 0 fully saturated rings. The number of hydrogen-bond donors (Lipinski definition) is 0. The summed E-state index contributed by atoms with van der Waals surface area (Å²) in [6, 6.07) is 19.0. The van der Waals surface area contributed by atoms with Gasteiger partial charge in [-0.05, 0) is 53.8 Å². The Kier molecular flexibility index (Phi) is 3.88. The van der Waals surface area contributed by atoms with Gasteiger partial charge < -0.3 is 0 Å². The van der Waals surface area contributed by atoms with Crippen LogP contribution >= 0.6 is 0 Å². The van der Waals surface area contributed by atoms with Crippen molar-refractivity contribution in [3.05, 3.63) is 84.1 Å². The van der Waals surface area contributed by atoms with Gasteiger partial charge >= 0.3 is 0 Å². The zero-order chi connectivity index (χ0) is 15.5. The predicted molar refractivity (Wildman–Crippen MR) is 94.7 cm³/mol. The van der Waals surface area contributed by atoms with E-state index in [0.717, 1.165) is 16.8 Å². The number of pyridine rings is 1. The van der Waals surface area contributed by atoms with Crippen molar-refractivity contribution in [3.8, 4) is 22.4 Å². The molecular formula is C21H19N. The van der Waals surface area contributed by atoms with Crippen LogP contribution in [0.2, 0.25) is 0 Å². The highest BCUT2D eigenvalue weighted by Gasteiger charge is 2.08. The monoisotopic (exact) mass is 285 g/mol. The van der Waals surface area contributed by atoms with Crippen LogP contribution in [0.1, 0.15) is 16.7 Å². The van der Waals surface area contributed by atoms with E-state index < -0.39 is 0 Å². The predicted octanol–water partition coefficient (Wildman–Crippen LogP) is 5.68. The molecule has 1 aromatic heterocycles. The summed E-state index contributed by atoms with van der Waals surface area (Å²) < 4.78 is 0. The van der Waals surface area contributed by atoms with Crippen molar-refractivity contribution in [1.82, 2.24) is 4.98 Å². The van der Waals surface area contributed by atoms with E-state index in [9.17, 15) is 0 Å². The van der Waals surface area contributed by atoms with Gasteiger partial charge in [0.1, 0.15) is 0 Å². The molecule has 0 aliphatic heterocycles. The second-order valence-electron chi connectivity index (χ2n) is 5.53. The molecule has 0 atom stereocenters. The van der Waals surface area contributed by atoms with Gasteiger partial charge in [0.25, 0.3) is 0 Å². The topological polar surface area (TPSA) is 12.9 Å². The van der Waals surface area contributed by atoms with Gasteiger partial charge in [-0.15, -0.1) is 0 Å². The van der Waals surface area contributed by atoms with Crippen LogP contribution in [0.4, 0.5) is 0 Å². The Balaban J connectivity index is 2.16. The van der Waals surface area contributed by atoms with Gasteiger partial charge in [-0.25, -0.2) is 0 Å². The van der Waals surface area contributed by atoms with Crippen LogP contribution < -0.4 is 0 Å². The maximum atomic E-state index is 4.60. The molecule has 0 N–H and O–H groups in total. The largest absolute Gasteiger partial charge is 0.256 e. The molecule has 3 rings (SSSR count). The zero-order valence-electron chi connectivity index (χ0n) is 13.0. The highest BCUT2D eigenvalue weighted by atomic mass is 14.7. The van der Waals surface area contributed by atoms with E-state index in [2.05, 4.69) is 73.9 Å². The fourth-order valence-electron chi connectivity index (χ4n) is 2.54. The number of aryl methyl sites for hydroxylation is 2. The number of benzene rings is 2. The molecule has 2 aromatic carbocycles. The van der Waals surface area contributed by atoms with Crippen molar-refractivity contribution in [1.29, 1.82) is 0 Å². The summed E-state index contributed by atoms with van der Waals surface area (Å²) in [6.45, 7) is 8.14. The Bertz CT molecular complexity index is 817. The lowest BCUT2D eigenvalue weighted by Crippen LogP contribution is -1.91. The maximum absolute atomic E-state index is 4.60. The van der Waals surface area contributed by atoms with Crippen molar-refractivity contribution in [3.63, 3.8) is 0 Å². The second-order valence-corrected chi connectivity index (χ2v) is 5.53. The third kappa shape index (κ3) is 2.71. The van der Waals surface area contributed by atoms with Crippen molar-refractivity contribution >= 4 is 6.08 Å². The van der Waals surface area contributed by atoms with Crippen LogP contribution in [0, 0.1) is 13.8 Å². The van der Waals surface area contributed by atoms with Crippen LogP contribution in [0.3, 0.4) is 0 Å². The van der Waals surface area contributed by atoms with Gasteiger partial charge in [0.2, 0.25) is 0 Å². The van der Waals surface area contributed by atoms with E-state index in [1.807, 2.05) is 18.3 Å². The van der Waals surface area contributed by atoms with E-state index in [1.54, 1.807) is 0 Å². The van der Waals surface area contributed by atoms with Gasteiger partial charge in [-0.3, -0.25) is 4.98 Å². The summed E-state index contributed by atoms with van der Waals surface area (Å²) in [5.74, 6) is 0. The third-order valence-electron chi connectivity index (χ3n) is 4.03. The van der Waals surface area contributed by atoms with E-state index in [1.165, 1.54) is 22.3 Å². The van der Waals surface area contributed by atoms with Crippen molar-refractivity contribution < 1.29 is 0 Å². The summed E-state index contributed by atoms with van der Waals surface area (Å²) in [6.07, 6.45) is 3.83. The summed E-state index contributed by atoms with van der Waals surface area (Å²) in [4.78, 5) is 4.60. The molecule has 0 spiro atoms. The second kappa shape index (κ2) is 5.98. The van der Waals surface area contributed by atoms with E-state index in [0.29, 0.717) is 0 Å². The summed E-state index contributed by atoms with van der Waals surface area (Å²) in [7, 11) is 0. The summed E-state index contributed by atoms with van der Waals surface area (Å²) in [5.41, 5.74) is 8.10. The van der Waals surface area contributed by atoms with E-state index in [4.69, 9.17) is 0 Å². The normalized spacial score (nSPS) is 10.5. The highest BCUT2D eigenvalue weighted by molar-refractivity contribution is 5.79. The molecule has 1 heteroatoms. The molecule has 0 saturated heterocycles. The number of nitrogens with zero attached hydrogens (tertiary/aromatic N) is 1. The molecule has 3 aromatic rings. The van der Waals surface area contributed by atoms with Crippen LogP contribution in [0.25, 0.3) is 28.5 Å². The minimum atomic E-state index is 0.996. The Morgan fingerprint density at radius 2 is 1.64 bits per heavy atom. The van der Waals surface area contributed by atoms with Crippen LogP contribution in [0.5, 0.6) is 0 Å². The fraction of sp³-hybridized carbons (Fsp3) is 0.0952. The fourth-order valence-corrected chi connectivity index (χ4v) is 2.54. The Morgan fingerprint density at radius 3 is 2.32 bits per heavy atom. The third-order valence-corrected chi connectivity index (χ3v) is 4.03. The highest BCUT2D eigenvalue weighted by Crippen LogP contribution is 2.30. The van der Waals surface area contributed by atoms with E-state index in [-0.39, 0.29) is 0 Å². The van der Waals surface area contributed by atoms with Crippen LogP contribution in [0.15, 0.2) is 67.4 Å². The Morgan fingerprint density at radius 1 is 0.864 bits per heavy atom. The van der Waals surface area contributed by atoms with Crippen molar-refractivity contribution in [2.75, 3.05) is 0 Å². The minimum absolute atomic E-state index is 0.996. The molecule has 1 heterocycles. The first-order valence-corrected chi connectivity index (χ1v) is 7.44. The Hall–Kier alpha value is -2.67. The quantitative estimate of drug-likeness (QED) is 0.603. The SMILES string of the molecule is C=Cc1ccc(-c2ccccc2)cc1-c1cc(C)c(C)cn1. The summed E-state index contributed by atoms with van der Waals surface area (Å²) >= 11 is 0. The zero-order valence-corrected chi connectivity index (χ0v) is 13.0. The average Bonchev–Trinajstić information content (AvgIpc) is 2.57. The molecule has 0 bridgehead atoms. The lowest BCUT2D eigenvalue weighted by atomic mass is 9.96. The number of aromatic nitrogens is 1. The smallest absolute Gasteiger partial charge is 0.0711 e. The maximum Gasteiger partial charge on any atom is 0.0711 e. The van der Waals surface area contributed by atoms with Gasteiger partial charge in [0, 0.05) is 11.8 Å². The standard InChI is InChI=1S/C21H19N/c1-4-17-10-11-19(18-8-6-5-7-9-18)13-20(17)21-12-15(2)16(3)14-22-21/h4-14H,1H2,2-3H3. The molecule has 108 valence electrons. The average molecular weight is 285 g/mol. The van der Waals surface area contributed by atoms with Crippen LogP contribution in [-0.2, 0) is 0 Å². The van der Waals surface area contributed by atoms with Crippen LogP contribution in [-0.4, -0.2) is 4.98 Å². The molecule has 22 heavy (non-hydrogen) atoms. The lowest BCUT2D eigenvalue weighted by Gasteiger charge is -2.11. The number of rotatable bonds is 3. The molecule has 0 aliphatic carbocycles. The van der Waals surface area contributed by atoms with Gasteiger partial charge in [0.05, 0.1) is 5.69 Å². The Labute approximate surface area is 132 Å². The van der Waals surface area contributed by atoms with Gasteiger partial charge in [-0.1, -0.05) is 55.1 Å². The first-order valence-electron chi connectivity index (χ1n) is 7.44. The molecule has 0 saturated carbocycles. The molecule has 0 unspecified atom stereocenters. The van der Waals surface area contributed by atoms with Gasteiger partial charge in [-0.2, -0.15) is 0 Å². The first kappa shape index (κ1) is 14.3. The van der Waals surface area contributed by atoms with E-state index >= 15 is 0 Å². The van der Waals surface area contributed by atoms with Crippen molar-refractivity contribution in [2.45, 2.75) is 13.8 Å². The molecular weight excluding hydrogens is 266 g/mol. The van der Waals surface area contributed by atoms with Gasteiger partial charge in [0.15, 0.2) is 0 Å².